The van der Waals surface area contributed by atoms with E-state index in [1.165, 1.54) is 0 Å². The van der Waals surface area contributed by atoms with Gasteiger partial charge in [-0.3, -0.25) is 0 Å². The Bertz CT molecular complexity index is 818. The summed E-state index contributed by atoms with van der Waals surface area (Å²) in [6.45, 7) is 3.70. The molecule has 3 rings (SSSR count). The minimum absolute atomic E-state index is 0.359. The highest BCUT2D eigenvalue weighted by Gasteiger charge is 2.09. The van der Waals surface area contributed by atoms with Gasteiger partial charge < -0.3 is 4.74 Å². The van der Waals surface area contributed by atoms with Gasteiger partial charge >= 0.3 is 5.97 Å². The number of esters is 1. The van der Waals surface area contributed by atoms with Crippen molar-refractivity contribution in [3.63, 3.8) is 0 Å². The van der Waals surface area contributed by atoms with Crippen LogP contribution in [-0.2, 0) is 0 Å². The zero-order valence-corrected chi connectivity index (χ0v) is 11.5. The molecule has 0 saturated heterocycles. The molecule has 0 unspecified atom stereocenters. The summed E-state index contributed by atoms with van der Waals surface area (Å²) in [5.74, 6) is 0.160. The molecule has 0 fully saturated rings. The van der Waals surface area contributed by atoms with E-state index in [1.54, 1.807) is 24.3 Å². The summed E-state index contributed by atoms with van der Waals surface area (Å²) in [5.41, 5.74) is 1.46. The summed E-state index contributed by atoms with van der Waals surface area (Å²) >= 11 is 0. The van der Waals surface area contributed by atoms with Crippen LogP contribution in [0.3, 0.4) is 0 Å². The summed E-state index contributed by atoms with van der Waals surface area (Å²) in [5, 5.41) is 2.12. The first-order valence-electron chi connectivity index (χ1n) is 6.70. The molecule has 0 heterocycles. The number of benzene rings is 3. The lowest BCUT2D eigenvalue weighted by molar-refractivity contribution is 0.0735. The van der Waals surface area contributed by atoms with Gasteiger partial charge in [0.25, 0.3) is 0 Å². The smallest absolute Gasteiger partial charge is 0.343 e. The van der Waals surface area contributed by atoms with Crippen molar-refractivity contribution in [3.8, 4) is 5.75 Å². The number of ether oxygens (including phenoxy) is 1. The fraction of sp³-hybridized carbons (Fsp3) is 0. The largest absolute Gasteiger partial charge is 0.423 e. The van der Waals surface area contributed by atoms with Gasteiger partial charge in [0.1, 0.15) is 5.75 Å². The van der Waals surface area contributed by atoms with Gasteiger partial charge in [0.05, 0.1) is 5.56 Å². The van der Waals surface area contributed by atoms with Crippen molar-refractivity contribution in [3.05, 3.63) is 84.4 Å². The molecule has 0 aliphatic carbocycles. The lowest BCUT2D eigenvalue weighted by atomic mass is 10.1. The van der Waals surface area contributed by atoms with E-state index in [4.69, 9.17) is 4.74 Å². The highest BCUT2D eigenvalue weighted by atomic mass is 16.5. The maximum Gasteiger partial charge on any atom is 0.343 e. The van der Waals surface area contributed by atoms with Gasteiger partial charge in [-0.15, -0.1) is 0 Å². The first kappa shape index (κ1) is 13.1. The van der Waals surface area contributed by atoms with Crippen molar-refractivity contribution in [1.82, 2.24) is 0 Å². The Morgan fingerprint density at radius 3 is 2.52 bits per heavy atom. The SMILES string of the molecule is C=Cc1cccc(OC(=O)c2ccc3ccccc3c2)c1. The molecule has 0 aliphatic rings. The van der Waals surface area contributed by atoms with Crippen LogP contribution in [0.25, 0.3) is 16.8 Å². The van der Waals surface area contributed by atoms with E-state index < -0.39 is 0 Å². The Hall–Kier alpha value is -2.87. The Kier molecular flexibility index (Phi) is 3.52. The van der Waals surface area contributed by atoms with E-state index in [9.17, 15) is 4.79 Å². The van der Waals surface area contributed by atoms with Crippen LogP contribution in [0.1, 0.15) is 15.9 Å². The van der Waals surface area contributed by atoms with Gasteiger partial charge in [-0.25, -0.2) is 4.79 Å². The monoisotopic (exact) mass is 274 g/mol. The summed E-state index contributed by atoms with van der Waals surface area (Å²) < 4.78 is 5.41. The third kappa shape index (κ3) is 2.84. The van der Waals surface area contributed by atoms with Gasteiger partial charge in [0.2, 0.25) is 0 Å². The van der Waals surface area contributed by atoms with Gasteiger partial charge in [0, 0.05) is 0 Å². The lowest BCUT2D eigenvalue weighted by Gasteiger charge is -2.06. The molecule has 0 atom stereocenters. The predicted molar refractivity (Wildman–Crippen MR) is 85.4 cm³/mol. The lowest BCUT2D eigenvalue weighted by Crippen LogP contribution is -2.08. The fourth-order valence-electron chi connectivity index (χ4n) is 2.19. The van der Waals surface area contributed by atoms with Crippen LogP contribution in [0.5, 0.6) is 5.75 Å². The molecule has 0 aliphatic heterocycles. The van der Waals surface area contributed by atoms with Crippen molar-refractivity contribution < 1.29 is 9.53 Å². The zero-order valence-electron chi connectivity index (χ0n) is 11.5. The van der Waals surface area contributed by atoms with Crippen molar-refractivity contribution in [2.24, 2.45) is 0 Å². The second-order valence-corrected chi connectivity index (χ2v) is 4.73. The minimum Gasteiger partial charge on any atom is -0.423 e. The number of hydrogen-bond donors (Lipinski definition) is 0. The van der Waals surface area contributed by atoms with Crippen LogP contribution < -0.4 is 4.74 Å². The van der Waals surface area contributed by atoms with Crippen LogP contribution in [0.15, 0.2) is 73.3 Å². The van der Waals surface area contributed by atoms with Crippen LogP contribution in [0, 0.1) is 0 Å². The molecule has 102 valence electrons. The Balaban J connectivity index is 1.87. The fourth-order valence-corrected chi connectivity index (χ4v) is 2.19. The summed E-state index contributed by atoms with van der Waals surface area (Å²) in [6.07, 6.45) is 1.72. The van der Waals surface area contributed by atoms with Crippen LogP contribution in [0.2, 0.25) is 0 Å². The van der Waals surface area contributed by atoms with Crippen LogP contribution in [0.4, 0.5) is 0 Å². The third-order valence-electron chi connectivity index (χ3n) is 3.29. The Labute approximate surface area is 123 Å². The Morgan fingerprint density at radius 1 is 0.905 bits per heavy atom. The molecule has 0 radical (unpaired) electrons. The summed E-state index contributed by atoms with van der Waals surface area (Å²) in [6, 6.07) is 20.7. The molecular formula is C19H14O2. The normalized spacial score (nSPS) is 10.3. The second kappa shape index (κ2) is 5.63. The highest BCUT2D eigenvalue weighted by Crippen LogP contribution is 2.19. The van der Waals surface area contributed by atoms with E-state index in [0.29, 0.717) is 11.3 Å². The molecule has 2 nitrogen and oxygen atoms in total. The van der Waals surface area contributed by atoms with E-state index in [0.717, 1.165) is 16.3 Å². The molecule has 0 N–H and O–H groups in total. The molecule has 3 aromatic carbocycles. The van der Waals surface area contributed by atoms with E-state index in [-0.39, 0.29) is 5.97 Å². The van der Waals surface area contributed by atoms with Gasteiger partial charge in [-0.1, -0.05) is 55.1 Å². The maximum absolute atomic E-state index is 12.2. The minimum atomic E-state index is -0.359. The molecule has 2 heteroatoms. The van der Waals surface area contributed by atoms with E-state index >= 15 is 0 Å². The first-order chi connectivity index (χ1) is 10.3. The van der Waals surface area contributed by atoms with Crippen molar-refractivity contribution in [2.45, 2.75) is 0 Å². The number of rotatable bonds is 3. The molecule has 0 aromatic heterocycles. The van der Waals surface area contributed by atoms with Crippen LogP contribution >= 0.6 is 0 Å². The van der Waals surface area contributed by atoms with E-state index in [1.807, 2.05) is 48.5 Å². The standard InChI is InChI=1S/C19H14O2/c1-2-14-6-5-9-18(12-14)21-19(20)17-11-10-15-7-3-4-8-16(15)13-17/h2-13H,1H2. The third-order valence-corrected chi connectivity index (χ3v) is 3.29. The highest BCUT2D eigenvalue weighted by molar-refractivity contribution is 5.96. The first-order valence-corrected chi connectivity index (χ1v) is 6.70. The molecule has 0 amide bonds. The zero-order chi connectivity index (χ0) is 14.7. The van der Waals surface area contributed by atoms with Gasteiger partial charge in [0.15, 0.2) is 0 Å². The van der Waals surface area contributed by atoms with Gasteiger partial charge in [-0.2, -0.15) is 0 Å². The number of fused-ring (bicyclic) bond motifs is 1. The molecule has 21 heavy (non-hydrogen) atoms. The number of hydrogen-bond acceptors (Lipinski definition) is 2. The van der Waals surface area contributed by atoms with Crippen molar-refractivity contribution in [2.75, 3.05) is 0 Å². The molecule has 0 saturated carbocycles. The van der Waals surface area contributed by atoms with Crippen LogP contribution in [-0.4, -0.2) is 5.97 Å². The second-order valence-electron chi connectivity index (χ2n) is 4.73. The molecule has 0 spiro atoms. The maximum atomic E-state index is 12.2. The number of carbonyl (C=O) groups excluding carboxylic acids is 1. The molecule has 0 bridgehead atoms. The summed E-state index contributed by atoms with van der Waals surface area (Å²) in [7, 11) is 0. The van der Waals surface area contributed by atoms with E-state index in [2.05, 4.69) is 6.58 Å². The number of carbonyl (C=O) groups is 1. The average Bonchev–Trinajstić information content (AvgIpc) is 2.54. The van der Waals surface area contributed by atoms with Crippen molar-refractivity contribution >= 4 is 22.8 Å². The quantitative estimate of drug-likeness (QED) is 0.511. The molecule has 3 aromatic rings. The van der Waals surface area contributed by atoms with Gasteiger partial charge in [-0.05, 0) is 40.6 Å². The Morgan fingerprint density at radius 2 is 1.71 bits per heavy atom. The predicted octanol–water partition coefficient (Wildman–Crippen LogP) is 4.70. The topological polar surface area (TPSA) is 26.3 Å². The molecular weight excluding hydrogens is 260 g/mol. The van der Waals surface area contributed by atoms with Crippen molar-refractivity contribution in [1.29, 1.82) is 0 Å². The average molecular weight is 274 g/mol. The summed E-state index contributed by atoms with van der Waals surface area (Å²) in [4.78, 5) is 12.2.